The van der Waals surface area contributed by atoms with Gasteiger partial charge >= 0.3 is 0 Å². The Hall–Kier alpha value is -2.04. The van der Waals surface area contributed by atoms with Crippen LogP contribution in [0, 0.1) is 0 Å². The van der Waals surface area contributed by atoms with Gasteiger partial charge in [0.25, 0.3) is 0 Å². The van der Waals surface area contributed by atoms with E-state index in [0.717, 1.165) is 22.3 Å². The second-order valence-electron chi connectivity index (χ2n) is 4.48. The molecule has 0 bridgehead atoms. The number of carbonyl (C=O) groups excluding carboxylic acids is 1. The average molecular weight is 247 g/mol. The number of nitrogens with zero attached hydrogens (tertiary/aromatic N) is 1. The summed E-state index contributed by atoms with van der Waals surface area (Å²) < 4.78 is 5.17. The molecule has 2 aromatic rings. The molecule has 1 aromatic heterocycles. The molecule has 2 N–H and O–H groups in total. The lowest BCUT2D eigenvalue weighted by Gasteiger charge is -2.07. The molecule has 0 aliphatic carbocycles. The fraction of sp³-hybridized carbons (Fsp3) is 0.385. The number of rotatable bonds is 4. The molecule has 18 heavy (non-hydrogen) atoms. The third-order valence-electron chi connectivity index (χ3n) is 2.63. The van der Waals surface area contributed by atoms with E-state index >= 15 is 0 Å². The Kier molecular flexibility index (Phi) is 3.50. The van der Waals surface area contributed by atoms with Crippen LogP contribution in [0.2, 0.25) is 0 Å². The van der Waals surface area contributed by atoms with Crippen molar-refractivity contribution in [2.24, 2.45) is 0 Å². The van der Waals surface area contributed by atoms with Crippen molar-refractivity contribution in [1.29, 1.82) is 0 Å². The van der Waals surface area contributed by atoms with Crippen LogP contribution in [-0.2, 0) is 11.2 Å². The van der Waals surface area contributed by atoms with Crippen molar-refractivity contribution in [3.63, 3.8) is 0 Å². The van der Waals surface area contributed by atoms with E-state index in [9.17, 15) is 4.79 Å². The van der Waals surface area contributed by atoms with Crippen molar-refractivity contribution in [3.05, 3.63) is 23.9 Å². The summed E-state index contributed by atoms with van der Waals surface area (Å²) in [5, 5.41) is 10.8. The maximum atomic E-state index is 11.7. The number of H-pyrrole nitrogens is 1. The van der Waals surface area contributed by atoms with Crippen molar-refractivity contribution in [3.8, 4) is 5.75 Å². The number of hydrogen-bond acceptors (Lipinski definition) is 3. The lowest BCUT2D eigenvalue weighted by atomic mass is 10.1. The number of benzene rings is 1. The highest BCUT2D eigenvalue weighted by Crippen LogP contribution is 2.22. The van der Waals surface area contributed by atoms with Crippen molar-refractivity contribution in [2.75, 3.05) is 7.11 Å². The minimum Gasteiger partial charge on any atom is -0.497 e. The first-order chi connectivity index (χ1) is 8.60. The Morgan fingerprint density at radius 3 is 2.94 bits per heavy atom. The molecule has 1 amide bonds. The average Bonchev–Trinajstić information content (AvgIpc) is 2.70. The molecule has 1 aromatic carbocycles. The number of nitrogens with one attached hydrogen (secondary N) is 2. The quantitative estimate of drug-likeness (QED) is 0.863. The molecule has 1 heterocycles. The third kappa shape index (κ3) is 2.61. The number of carbonyl (C=O) groups is 1. The van der Waals surface area contributed by atoms with Crippen LogP contribution in [0.5, 0.6) is 5.75 Å². The van der Waals surface area contributed by atoms with Crippen LogP contribution >= 0.6 is 0 Å². The first-order valence-electron chi connectivity index (χ1n) is 5.90. The van der Waals surface area contributed by atoms with Gasteiger partial charge in [0.15, 0.2) is 0 Å². The van der Waals surface area contributed by atoms with Gasteiger partial charge in [-0.05, 0) is 32.0 Å². The van der Waals surface area contributed by atoms with Crippen molar-refractivity contribution in [1.82, 2.24) is 15.5 Å². The molecule has 0 spiro atoms. The second kappa shape index (κ2) is 5.08. The molecule has 96 valence electrons. The summed E-state index contributed by atoms with van der Waals surface area (Å²) >= 11 is 0. The maximum absolute atomic E-state index is 11.7. The number of hydrogen-bond donors (Lipinski definition) is 2. The lowest BCUT2D eigenvalue weighted by Crippen LogP contribution is -2.31. The van der Waals surface area contributed by atoms with Gasteiger partial charge in [0.1, 0.15) is 5.75 Å². The highest BCUT2D eigenvalue weighted by Gasteiger charge is 2.11. The molecule has 0 atom stereocenters. The zero-order valence-corrected chi connectivity index (χ0v) is 10.8. The Balaban J connectivity index is 2.25. The fourth-order valence-corrected chi connectivity index (χ4v) is 1.84. The van der Waals surface area contributed by atoms with Crippen LogP contribution in [0.1, 0.15) is 19.5 Å². The molecule has 2 rings (SSSR count). The van der Waals surface area contributed by atoms with Gasteiger partial charge in [-0.3, -0.25) is 9.89 Å². The van der Waals surface area contributed by atoms with E-state index in [-0.39, 0.29) is 11.9 Å². The zero-order chi connectivity index (χ0) is 13.1. The molecule has 0 saturated carbocycles. The zero-order valence-electron chi connectivity index (χ0n) is 10.8. The minimum atomic E-state index is -0.0154. The van der Waals surface area contributed by atoms with Gasteiger partial charge in [0, 0.05) is 11.4 Å². The standard InChI is InChI=1S/C13H17N3O2/c1-8(2)14-13(17)7-12-10-6-9(18-3)4-5-11(10)15-16-12/h4-6,8H,7H2,1-3H3,(H,14,17)(H,15,16). The molecular formula is C13H17N3O2. The Morgan fingerprint density at radius 1 is 1.50 bits per heavy atom. The number of aromatic amines is 1. The Bertz CT molecular complexity index is 560. The monoisotopic (exact) mass is 247 g/mol. The van der Waals surface area contributed by atoms with Crippen LogP contribution in [0.4, 0.5) is 0 Å². The van der Waals surface area contributed by atoms with Crippen LogP contribution in [0.25, 0.3) is 10.9 Å². The number of amides is 1. The van der Waals surface area contributed by atoms with E-state index in [1.165, 1.54) is 0 Å². The Morgan fingerprint density at radius 2 is 2.28 bits per heavy atom. The number of fused-ring (bicyclic) bond motifs is 1. The summed E-state index contributed by atoms with van der Waals surface area (Å²) in [5.74, 6) is 0.743. The summed E-state index contributed by atoms with van der Waals surface area (Å²) in [4.78, 5) is 11.7. The predicted octanol–water partition coefficient (Wildman–Crippen LogP) is 1.64. The molecular weight excluding hydrogens is 230 g/mol. The predicted molar refractivity (Wildman–Crippen MR) is 69.6 cm³/mol. The van der Waals surface area contributed by atoms with E-state index < -0.39 is 0 Å². The van der Waals surface area contributed by atoms with Crippen molar-refractivity contribution < 1.29 is 9.53 Å². The largest absolute Gasteiger partial charge is 0.497 e. The van der Waals surface area contributed by atoms with E-state index in [2.05, 4.69) is 15.5 Å². The number of aromatic nitrogens is 2. The highest BCUT2D eigenvalue weighted by molar-refractivity contribution is 5.88. The van der Waals surface area contributed by atoms with Gasteiger partial charge < -0.3 is 10.1 Å². The van der Waals surface area contributed by atoms with E-state index in [1.807, 2.05) is 32.0 Å². The molecule has 5 nitrogen and oxygen atoms in total. The molecule has 0 aliphatic heterocycles. The van der Waals surface area contributed by atoms with Gasteiger partial charge in [-0.25, -0.2) is 0 Å². The minimum absolute atomic E-state index is 0.0154. The SMILES string of the molecule is COc1ccc2n[nH]c(CC(=O)NC(C)C)c2c1. The van der Waals surface area contributed by atoms with E-state index in [4.69, 9.17) is 4.74 Å². The summed E-state index contributed by atoms with van der Waals surface area (Å²) in [6, 6.07) is 5.74. The normalized spacial score (nSPS) is 10.9. The van der Waals surface area contributed by atoms with Gasteiger partial charge in [-0.2, -0.15) is 5.10 Å². The van der Waals surface area contributed by atoms with Gasteiger partial charge in [-0.15, -0.1) is 0 Å². The topological polar surface area (TPSA) is 67.0 Å². The molecule has 0 radical (unpaired) electrons. The van der Waals surface area contributed by atoms with Crippen LogP contribution < -0.4 is 10.1 Å². The second-order valence-corrected chi connectivity index (χ2v) is 4.48. The third-order valence-corrected chi connectivity index (χ3v) is 2.63. The summed E-state index contributed by atoms with van der Waals surface area (Å²) in [6.07, 6.45) is 0.293. The summed E-state index contributed by atoms with van der Waals surface area (Å²) in [6.45, 7) is 3.87. The number of methoxy groups -OCH3 is 1. The number of ether oxygens (including phenoxy) is 1. The van der Waals surface area contributed by atoms with Crippen molar-refractivity contribution in [2.45, 2.75) is 26.3 Å². The first-order valence-corrected chi connectivity index (χ1v) is 5.90. The van der Waals surface area contributed by atoms with Crippen LogP contribution in [0.3, 0.4) is 0 Å². The van der Waals surface area contributed by atoms with Gasteiger partial charge in [0.05, 0.1) is 24.7 Å². The van der Waals surface area contributed by atoms with E-state index in [1.54, 1.807) is 7.11 Å². The maximum Gasteiger partial charge on any atom is 0.226 e. The fourth-order valence-electron chi connectivity index (χ4n) is 1.84. The van der Waals surface area contributed by atoms with Crippen LogP contribution in [-0.4, -0.2) is 29.3 Å². The van der Waals surface area contributed by atoms with E-state index in [0.29, 0.717) is 6.42 Å². The van der Waals surface area contributed by atoms with Crippen LogP contribution in [0.15, 0.2) is 18.2 Å². The highest BCUT2D eigenvalue weighted by atomic mass is 16.5. The molecule has 0 unspecified atom stereocenters. The van der Waals surface area contributed by atoms with Gasteiger partial charge in [0.2, 0.25) is 5.91 Å². The Labute approximate surface area is 106 Å². The molecule has 0 fully saturated rings. The lowest BCUT2D eigenvalue weighted by molar-refractivity contribution is -0.120. The smallest absolute Gasteiger partial charge is 0.226 e. The summed E-state index contributed by atoms with van der Waals surface area (Å²) in [5.41, 5.74) is 1.64. The van der Waals surface area contributed by atoms with Gasteiger partial charge in [-0.1, -0.05) is 0 Å². The first kappa shape index (κ1) is 12.4. The molecule has 0 aliphatic rings. The summed E-state index contributed by atoms with van der Waals surface area (Å²) in [7, 11) is 1.62. The molecule has 5 heteroatoms. The molecule has 0 saturated heterocycles. The van der Waals surface area contributed by atoms with Crippen molar-refractivity contribution >= 4 is 16.8 Å².